The number of hydrogen-bond donors (Lipinski definition) is 0. The van der Waals surface area contributed by atoms with E-state index in [4.69, 9.17) is 18.6 Å². The van der Waals surface area contributed by atoms with Crippen LogP contribution >= 0.6 is 0 Å². The molecule has 0 aliphatic carbocycles. The van der Waals surface area contributed by atoms with Crippen molar-refractivity contribution in [3.8, 4) is 17.2 Å². The second-order valence-electron chi connectivity index (χ2n) is 8.89. The molecule has 0 aliphatic heterocycles. The van der Waals surface area contributed by atoms with E-state index in [2.05, 4.69) is 58.9 Å². The molecule has 0 amide bonds. The summed E-state index contributed by atoms with van der Waals surface area (Å²) in [6, 6.07) is 5.43. The van der Waals surface area contributed by atoms with Gasteiger partial charge in [0.1, 0.15) is 23.3 Å². The van der Waals surface area contributed by atoms with Gasteiger partial charge >= 0.3 is 5.63 Å². The zero-order valence-corrected chi connectivity index (χ0v) is 22.6. The van der Waals surface area contributed by atoms with Crippen molar-refractivity contribution in [3.63, 3.8) is 0 Å². The summed E-state index contributed by atoms with van der Waals surface area (Å²) < 4.78 is 23.8. The molecule has 0 fully saturated rings. The van der Waals surface area contributed by atoms with Crippen molar-refractivity contribution in [2.75, 3.05) is 19.8 Å². The van der Waals surface area contributed by atoms with Gasteiger partial charge in [0.25, 0.3) is 0 Å². The molecule has 0 N–H and O–H groups in total. The molecule has 5 heteroatoms. The molecule has 36 heavy (non-hydrogen) atoms. The minimum absolute atomic E-state index is 0.0879. The Morgan fingerprint density at radius 2 is 1.53 bits per heavy atom. The summed E-state index contributed by atoms with van der Waals surface area (Å²) >= 11 is 0. The molecule has 0 atom stereocenters. The molecule has 5 nitrogen and oxygen atoms in total. The van der Waals surface area contributed by atoms with Gasteiger partial charge in [-0.1, -0.05) is 61.4 Å². The average Bonchev–Trinajstić information content (AvgIpc) is 2.84. The van der Waals surface area contributed by atoms with Crippen LogP contribution in [0.1, 0.15) is 73.1 Å². The minimum Gasteiger partial charge on any atom is -0.492 e. The molecule has 0 unspecified atom stereocenters. The van der Waals surface area contributed by atoms with Crippen LogP contribution in [0.5, 0.6) is 17.2 Å². The lowest BCUT2D eigenvalue weighted by atomic mass is 10.1. The molecule has 2 rings (SSSR count). The van der Waals surface area contributed by atoms with Crippen molar-refractivity contribution in [1.29, 1.82) is 0 Å². The molecule has 196 valence electrons. The Balaban J connectivity index is 2.35. The topological polar surface area (TPSA) is 57.9 Å². The van der Waals surface area contributed by atoms with Gasteiger partial charge in [-0.3, -0.25) is 0 Å². The van der Waals surface area contributed by atoms with Crippen molar-refractivity contribution in [2.24, 2.45) is 0 Å². The molecule has 0 radical (unpaired) electrons. The maximum atomic E-state index is 12.9. The normalized spacial score (nSPS) is 12.0. The number of fused-ring (bicyclic) bond motifs is 1. The van der Waals surface area contributed by atoms with Crippen molar-refractivity contribution >= 4 is 11.0 Å². The summed E-state index contributed by atoms with van der Waals surface area (Å²) in [4.78, 5) is 12.9. The van der Waals surface area contributed by atoms with E-state index in [0.29, 0.717) is 48.7 Å². The first-order valence-corrected chi connectivity index (χ1v) is 13.0. The van der Waals surface area contributed by atoms with E-state index in [0.717, 1.165) is 32.1 Å². The van der Waals surface area contributed by atoms with Gasteiger partial charge < -0.3 is 18.6 Å². The van der Waals surface area contributed by atoms with Crippen LogP contribution in [-0.4, -0.2) is 19.8 Å². The quantitative estimate of drug-likeness (QED) is 0.133. The Morgan fingerprint density at radius 3 is 2.19 bits per heavy atom. The molecule has 0 saturated heterocycles. The predicted octanol–water partition coefficient (Wildman–Crippen LogP) is 8.33. The summed E-state index contributed by atoms with van der Waals surface area (Å²) in [7, 11) is 0. The van der Waals surface area contributed by atoms with Crippen molar-refractivity contribution in [3.05, 3.63) is 76.2 Å². The Morgan fingerprint density at radius 1 is 0.833 bits per heavy atom. The predicted molar refractivity (Wildman–Crippen MR) is 149 cm³/mol. The molecule has 0 bridgehead atoms. The highest BCUT2D eigenvalue weighted by Crippen LogP contribution is 2.39. The summed E-state index contributed by atoms with van der Waals surface area (Å²) in [6.07, 6.45) is 18.0. The van der Waals surface area contributed by atoms with Crippen molar-refractivity contribution in [2.45, 2.75) is 73.1 Å². The molecule has 2 aromatic rings. The van der Waals surface area contributed by atoms with Crippen LogP contribution in [0, 0.1) is 0 Å². The van der Waals surface area contributed by atoms with Gasteiger partial charge in [-0.15, -0.1) is 0 Å². The second-order valence-corrected chi connectivity index (χ2v) is 8.89. The first-order valence-electron chi connectivity index (χ1n) is 13.0. The van der Waals surface area contributed by atoms with Crippen LogP contribution in [0.3, 0.4) is 0 Å². The summed E-state index contributed by atoms with van der Waals surface area (Å²) in [6.45, 7) is 11.7. The van der Waals surface area contributed by atoms with E-state index in [1.54, 1.807) is 6.07 Å². The minimum atomic E-state index is -0.552. The van der Waals surface area contributed by atoms with Crippen molar-refractivity contribution < 1.29 is 18.6 Å². The van der Waals surface area contributed by atoms with Gasteiger partial charge in [0.2, 0.25) is 5.75 Å². The van der Waals surface area contributed by atoms with E-state index in [-0.39, 0.29) is 5.75 Å². The molecule has 1 heterocycles. The third kappa shape index (κ3) is 9.80. The zero-order valence-electron chi connectivity index (χ0n) is 22.6. The summed E-state index contributed by atoms with van der Waals surface area (Å²) in [5.41, 5.74) is 2.41. The molecule has 0 saturated carbocycles. The number of benzene rings is 1. The average molecular weight is 495 g/mol. The fourth-order valence-corrected chi connectivity index (χ4v) is 3.55. The number of rotatable bonds is 16. The lowest BCUT2D eigenvalue weighted by molar-refractivity contribution is 0.274. The standard InChI is InChI=1S/C31H42O5/c1-6-8-10-12-21-33-26-18-15-19-27-28(26)29(35-23-20-25(5)17-14-16-24(3)4)30(31(32)36-27)34-22-13-11-9-7-2/h8-11,15-16,18-20H,6-7,12-14,17,21-23H2,1-5H3. The largest absolute Gasteiger partial charge is 0.492 e. The Kier molecular flexibility index (Phi) is 13.3. The van der Waals surface area contributed by atoms with Crippen LogP contribution in [0.2, 0.25) is 0 Å². The highest BCUT2D eigenvalue weighted by atomic mass is 16.5. The van der Waals surface area contributed by atoms with E-state index in [9.17, 15) is 4.79 Å². The molecule has 1 aromatic carbocycles. The van der Waals surface area contributed by atoms with Crippen LogP contribution in [0.15, 0.2) is 75.0 Å². The Bertz CT molecular complexity index is 1110. The zero-order chi connectivity index (χ0) is 26.2. The molecule has 1 aromatic heterocycles. The Hall–Kier alpha value is -3.21. The summed E-state index contributed by atoms with van der Waals surface area (Å²) in [5.74, 6) is 1.06. The molecular formula is C31H42O5. The number of allylic oxidation sites excluding steroid dienone is 5. The fourth-order valence-electron chi connectivity index (χ4n) is 3.55. The lowest BCUT2D eigenvalue weighted by Crippen LogP contribution is -2.12. The van der Waals surface area contributed by atoms with E-state index >= 15 is 0 Å². The second kappa shape index (κ2) is 16.5. The van der Waals surface area contributed by atoms with E-state index < -0.39 is 5.63 Å². The molecular weight excluding hydrogens is 452 g/mol. The van der Waals surface area contributed by atoms with E-state index in [1.165, 1.54) is 11.1 Å². The SMILES string of the molecule is CCC=CCCOc1c(OCC=C(C)CCC=C(C)C)c2c(OCCC=CCC)cccc2oc1=O. The smallest absolute Gasteiger partial charge is 0.383 e. The van der Waals surface area contributed by atoms with Crippen LogP contribution in [0.25, 0.3) is 11.0 Å². The van der Waals surface area contributed by atoms with Gasteiger partial charge in [0, 0.05) is 0 Å². The van der Waals surface area contributed by atoms with Gasteiger partial charge in [-0.05, 0) is 77.5 Å². The van der Waals surface area contributed by atoms with E-state index in [1.807, 2.05) is 24.3 Å². The third-order valence-electron chi connectivity index (χ3n) is 5.44. The molecule has 0 aliphatic rings. The first kappa shape index (κ1) is 29.0. The summed E-state index contributed by atoms with van der Waals surface area (Å²) in [5, 5.41) is 0.617. The number of hydrogen-bond acceptors (Lipinski definition) is 5. The van der Waals surface area contributed by atoms with Crippen LogP contribution in [0.4, 0.5) is 0 Å². The van der Waals surface area contributed by atoms with Crippen molar-refractivity contribution in [1.82, 2.24) is 0 Å². The maximum absolute atomic E-state index is 12.9. The lowest BCUT2D eigenvalue weighted by Gasteiger charge is -2.15. The van der Waals surface area contributed by atoms with Gasteiger partial charge in [-0.25, -0.2) is 4.79 Å². The Labute approximate surface area is 216 Å². The molecule has 0 spiro atoms. The highest BCUT2D eigenvalue weighted by Gasteiger charge is 2.21. The van der Waals surface area contributed by atoms with Crippen LogP contribution < -0.4 is 19.8 Å². The van der Waals surface area contributed by atoms with Gasteiger partial charge in [0.05, 0.1) is 13.2 Å². The van der Waals surface area contributed by atoms with Crippen LogP contribution in [-0.2, 0) is 0 Å². The number of ether oxygens (including phenoxy) is 3. The monoisotopic (exact) mass is 494 g/mol. The maximum Gasteiger partial charge on any atom is 0.383 e. The van der Waals surface area contributed by atoms with Gasteiger partial charge in [0.15, 0.2) is 5.75 Å². The fraction of sp³-hybridized carbons (Fsp3) is 0.452. The van der Waals surface area contributed by atoms with Gasteiger partial charge in [-0.2, -0.15) is 0 Å². The first-order chi connectivity index (χ1) is 17.5. The highest BCUT2D eigenvalue weighted by molar-refractivity contribution is 5.91. The third-order valence-corrected chi connectivity index (χ3v) is 5.44.